The molecule has 0 spiro atoms. The van der Waals surface area contributed by atoms with Crippen LogP contribution in [-0.4, -0.2) is 27.9 Å². The van der Waals surface area contributed by atoms with Gasteiger partial charge in [-0.25, -0.2) is 4.68 Å². The number of nitrogens with zero attached hydrogens (tertiary/aromatic N) is 3. The zero-order chi connectivity index (χ0) is 12.4. The maximum Gasteiger partial charge on any atom is 0.216 e. The van der Waals surface area contributed by atoms with Gasteiger partial charge in [-0.05, 0) is 19.1 Å². The Kier molecular flexibility index (Phi) is 2.91. The van der Waals surface area contributed by atoms with Crippen LogP contribution in [0.2, 0.25) is 0 Å². The Morgan fingerprint density at radius 1 is 1.41 bits per heavy atom. The average Bonchev–Trinajstić information content (AvgIpc) is 2.74. The summed E-state index contributed by atoms with van der Waals surface area (Å²) in [5.74, 6) is 0.417. The fourth-order valence-corrected chi connectivity index (χ4v) is 1.63. The summed E-state index contributed by atoms with van der Waals surface area (Å²) >= 11 is 0. The van der Waals surface area contributed by atoms with Gasteiger partial charge in [0.1, 0.15) is 11.4 Å². The lowest BCUT2D eigenvalue weighted by molar-refractivity contribution is 0.102. The summed E-state index contributed by atoms with van der Waals surface area (Å²) in [5, 5.41) is 7.44. The van der Waals surface area contributed by atoms with Crippen molar-refractivity contribution < 1.29 is 9.53 Å². The minimum atomic E-state index is -0.141. The van der Waals surface area contributed by atoms with Crippen LogP contribution < -0.4 is 4.74 Å². The minimum absolute atomic E-state index is 0.141. The summed E-state index contributed by atoms with van der Waals surface area (Å²) < 4.78 is 6.64. The summed E-state index contributed by atoms with van der Waals surface area (Å²) in [6.07, 6.45) is 1.45. The highest BCUT2D eigenvalue weighted by atomic mass is 16.5. The van der Waals surface area contributed by atoms with Gasteiger partial charge in [-0.1, -0.05) is 16.8 Å². The van der Waals surface area contributed by atoms with Crippen molar-refractivity contribution in [3.63, 3.8) is 0 Å². The molecule has 0 aliphatic rings. The van der Waals surface area contributed by atoms with Crippen molar-refractivity contribution in [1.82, 2.24) is 15.0 Å². The normalized spacial score (nSPS) is 10.3. The maximum absolute atomic E-state index is 12.3. The number of rotatable bonds is 3. The van der Waals surface area contributed by atoms with Gasteiger partial charge in [0.25, 0.3) is 0 Å². The third-order valence-electron chi connectivity index (χ3n) is 2.55. The van der Waals surface area contributed by atoms with E-state index >= 15 is 0 Å². The molecular weight excluding hydrogens is 218 g/mol. The second-order valence-electron chi connectivity index (χ2n) is 3.78. The van der Waals surface area contributed by atoms with E-state index in [1.807, 2.05) is 13.0 Å². The number of carbonyl (C=O) groups is 1. The molecule has 0 amide bonds. The predicted octanol–water partition coefficient (Wildman–Crippen LogP) is 1.36. The molecule has 1 aromatic heterocycles. The molecule has 0 N–H and O–H groups in total. The second kappa shape index (κ2) is 4.37. The maximum atomic E-state index is 12.3. The lowest BCUT2D eigenvalue weighted by Gasteiger charge is -2.08. The molecule has 88 valence electrons. The van der Waals surface area contributed by atoms with Crippen LogP contribution in [0.1, 0.15) is 21.6 Å². The van der Waals surface area contributed by atoms with Gasteiger partial charge in [-0.2, -0.15) is 0 Å². The summed E-state index contributed by atoms with van der Waals surface area (Å²) in [4.78, 5) is 12.3. The van der Waals surface area contributed by atoms with Crippen LogP contribution in [0.3, 0.4) is 0 Å². The third kappa shape index (κ3) is 2.04. The molecule has 0 aliphatic carbocycles. The van der Waals surface area contributed by atoms with Gasteiger partial charge < -0.3 is 4.74 Å². The smallest absolute Gasteiger partial charge is 0.216 e. The van der Waals surface area contributed by atoms with Crippen LogP contribution >= 0.6 is 0 Å². The van der Waals surface area contributed by atoms with Gasteiger partial charge in [0.05, 0.1) is 18.9 Å². The fraction of sp³-hybridized carbons (Fsp3) is 0.250. The van der Waals surface area contributed by atoms with E-state index < -0.39 is 0 Å². The molecule has 2 aromatic rings. The topological polar surface area (TPSA) is 57.0 Å². The van der Waals surface area contributed by atoms with Crippen LogP contribution in [0.15, 0.2) is 24.4 Å². The van der Waals surface area contributed by atoms with Crippen LogP contribution in [-0.2, 0) is 7.05 Å². The van der Waals surface area contributed by atoms with Crippen molar-refractivity contribution in [1.29, 1.82) is 0 Å². The zero-order valence-corrected chi connectivity index (χ0v) is 9.97. The molecule has 0 saturated heterocycles. The summed E-state index contributed by atoms with van der Waals surface area (Å²) in [5.41, 5.74) is 1.97. The molecule has 0 bridgehead atoms. The first kappa shape index (κ1) is 11.3. The highest BCUT2D eigenvalue weighted by Crippen LogP contribution is 2.22. The van der Waals surface area contributed by atoms with Gasteiger partial charge in [0.2, 0.25) is 5.78 Å². The zero-order valence-electron chi connectivity index (χ0n) is 9.97. The molecule has 17 heavy (non-hydrogen) atoms. The van der Waals surface area contributed by atoms with E-state index in [-0.39, 0.29) is 5.78 Å². The van der Waals surface area contributed by atoms with Crippen molar-refractivity contribution >= 4 is 5.78 Å². The molecule has 2 rings (SSSR count). The Morgan fingerprint density at radius 3 is 2.76 bits per heavy atom. The predicted molar refractivity (Wildman–Crippen MR) is 62.2 cm³/mol. The van der Waals surface area contributed by atoms with E-state index in [9.17, 15) is 4.79 Å². The quantitative estimate of drug-likeness (QED) is 0.748. The molecule has 1 aromatic carbocycles. The summed E-state index contributed by atoms with van der Waals surface area (Å²) in [6.45, 7) is 1.93. The third-order valence-corrected chi connectivity index (χ3v) is 2.55. The first-order valence-corrected chi connectivity index (χ1v) is 5.17. The van der Waals surface area contributed by atoms with Gasteiger partial charge in [-0.15, -0.1) is 5.10 Å². The Labute approximate surface area is 99.0 Å². The van der Waals surface area contributed by atoms with E-state index in [4.69, 9.17) is 4.74 Å². The molecule has 0 radical (unpaired) electrons. The summed E-state index contributed by atoms with van der Waals surface area (Å²) in [7, 11) is 3.23. The molecule has 0 atom stereocenters. The van der Waals surface area contributed by atoms with E-state index in [2.05, 4.69) is 10.3 Å². The number of benzene rings is 1. The monoisotopic (exact) mass is 231 g/mol. The number of ether oxygens (including phenoxy) is 1. The molecule has 0 saturated carbocycles. The molecular formula is C12H13N3O2. The van der Waals surface area contributed by atoms with Gasteiger partial charge in [0, 0.05) is 7.05 Å². The Morgan fingerprint density at radius 2 is 2.18 bits per heavy atom. The van der Waals surface area contributed by atoms with Crippen molar-refractivity contribution in [2.75, 3.05) is 7.11 Å². The van der Waals surface area contributed by atoms with Gasteiger partial charge in [-0.3, -0.25) is 4.79 Å². The molecule has 0 fully saturated rings. The molecule has 0 aliphatic heterocycles. The average molecular weight is 231 g/mol. The number of hydrogen-bond acceptors (Lipinski definition) is 4. The van der Waals surface area contributed by atoms with Gasteiger partial charge in [0.15, 0.2) is 0 Å². The van der Waals surface area contributed by atoms with Crippen molar-refractivity contribution in [2.45, 2.75) is 6.92 Å². The lowest BCUT2D eigenvalue weighted by atomic mass is 10.0. The minimum Gasteiger partial charge on any atom is -0.496 e. The first-order valence-electron chi connectivity index (χ1n) is 5.17. The Hall–Kier alpha value is -2.17. The van der Waals surface area contributed by atoms with Crippen molar-refractivity contribution in [3.8, 4) is 5.75 Å². The van der Waals surface area contributed by atoms with E-state index in [1.54, 1.807) is 26.3 Å². The SMILES string of the molecule is COc1ccc(C)cc1C(=O)c1cnnn1C. The Bertz CT molecular complexity index is 561. The first-order chi connectivity index (χ1) is 8.13. The van der Waals surface area contributed by atoms with Crippen molar-refractivity contribution in [2.24, 2.45) is 7.05 Å². The van der Waals surface area contributed by atoms with E-state index in [0.29, 0.717) is 17.0 Å². The standard InChI is InChI=1S/C12H13N3O2/c1-8-4-5-11(17-3)9(6-8)12(16)10-7-13-14-15(10)2/h4-7H,1-3H3. The lowest BCUT2D eigenvalue weighted by Crippen LogP contribution is -2.09. The Balaban J connectivity index is 2.50. The van der Waals surface area contributed by atoms with Crippen LogP contribution in [0, 0.1) is 6.92 Å². The van der Waals surface area contributed by atoms with Crippen LogP contribution in [0.25, 0.3) is 0 Å². The summed E-state index contributed by atoms with van der Waals surface area (Å²) in [6, 6.07) is 5.48. The van der Waals surface area contributed by atoms with E-state index in [1.165, 1.54) is 10.9 Å². The number of ketones is 1. The molecule has 1 heterocycles. The number of aromatic nitrogens is 3. The number of methoxy groups -OCH3 is 1. The van der Waals surface area contributed by atoms with Gasteiger partial charge >= 0.3 is 0 Å². The fourth-order valence-electron chi connectivity index (χ4n) is 1.63. The second-order valence-corrected chi connectivity index (χ2v) is 3.78. The highest BCUT2D eigenvalue weighted by Gasteiger charge is 2.17. The number of carbonyl (C=O) groups excluding carboxylic acids is 1. The van der Waals surface area contributed by atoms with Crippen molar-refractivity contribution in [3.05, 3.63) is 41.2 Å². The van der Waals surface area contributed by atoms with Crippen LogP contribution in [0.4, 0.5) is 0 Å². The highest BCUT2D eigenvalue weighted by molar-refractivity contribution is 6.09. The largest absolute Gasteiger partial charge is 0.496 e. The number of aryl methyl sites for hydroxylation is 2. The molecule has 5 heteroatoms. The molecule has 5 nitrogen and oxygen atoms in total. The van der Waals surface area contributed by atoms with Crippen LogP contribution in [0.5, 0.6) is 5.75 Å². The molecule has 0 unspecified atom stereocenters. The van der Waals surface area contributed by atoms with E-state index in [0.717, 1.165) is 5.56 Å². The number of hydrogen-bond donors (Lipinski definition) is 0.